The zero-order valence-corrected chi connectivity index (χ0v) is 17.6. The van der Waals surface area contributed by atoms with Gasteiger partial charge in [-0.25, -0.2) is 9.37 Å². The standard InChI is InChI=1S/C23H15ClFN3O2S/c24-18-9-15(4-7-19(18)30-11-13-2-1-3-14(25)8-13)28-23-22-21(26-12-27-23)17-6-5-16(29)10-20(17)31-22/h1-10,12,28H,11H2,(H,26,27). The second-order valence-corrected chi connectivity index (χ2v) is 8.36. The summed E-state index contributed by atoms with van der Waals surface area (Å²) in [7, 11) is 0. The first kappa shape index (κ1) is 19.5. The number of anilines is 2. The van der Waals surface area contributed by atoms with Crippen LogP contribution in [-0.4, -0.2) is 9.97 Å². The summed E-state index contributed by atoms with van der Waals surface area (Å²) in [6, 6.07) is 16.6. The van der Waals surface area contributed by atoms with Crippen molar-refractivity contribution >= 4 is 54.7 Å². The van der Waals surface area contributed by atoms with Gasteiger partial charge >= 0.3 is 0 Å². The van der Waals surface area contributed by atoms with Gasteiger partial charge in [0.15, 0.2) is 11.2 Å². The van der Waals surface area contributed by atoms with Crippen molar-refractivity contribution < 1.29 is 9.13 Å². The summed E-state index contributed by atoms with van der Waals surface area (Å²) in [5, 5.41) is 4.68. The molecule has 2 N–H and O–H groups in total. The number of thiophene rings is 1. The molecule has 0 saturated heterocycles. The van der Waals surface area contributed by atoms with Crippen LogP contribution in [0.5, 0.6) is 5.75 Å². The van der Waals surface area contributed by atoms with Crippen molar-refractivity contribution in [3.05, 3.63) is 93.6 Å². The van der Waals surface area contributed by atoms with E-state index in [1.807, 2.05) is 12.1 Å². The molecule has 154 valence electrons. The highest BCUT2D eigenvalue weighted by molar-refractivity contribution is 7.26. The maximum Gasteiger partial charge on any atom is 0.180 e. The Morgan fingerprint density at radius 3 is 2.87 bits per heavy atom. The molecular formula is C23H15ClFN3O2S. The van der Waals surface area contributed by atoms with Crippen molar-refractivity contribution in [3.8, 4) is 5.75 Å². The van der Waals surface area contributed by atoms with Gasteiger partial charge in [0.05, 0.1) is 21.6 Å². The average molecular weight is 452 g/mol. The van der Waals surface area contributed by atoms with Crippen molar-refractivity contribution in [2.45, 2.75) is 6.61 Å². The first-order valence-corrected chi connectivity index (χ1v) is 10.6. The number of hydrogen-bond donors (Lipinski definition) is 2. The number of nitrogens with one attached hydrogen (secondary N) is 2. The van der Waals surface area contributed by atoms with E-state index in [2.05, 4.69) is 15.3 Å². The maximum atomic E-state index is 13.3. The molecule has 0 fully saturated rings. The zero-order chi connectivity index (χ0) is 21.4. The van der Waals surface area contributed by atoms with Gasteiger partial charge in [0.1, 0.15) is 18.2 Å². The van der Waals surface area contributed by atoms with E-state index in [0.717, 1.165) is 31.6 Å². The fraction of sp³-hybridized carbons (Fsp3) is 0.0435. The third-order valence-corrected chi connectivity index (χ3v) is 6.21. The summed E-state index contributed by atoms with van der Waals surface area (Å²) in [6.07, 6.45) is 1.61. The number of aromatic nitrogens is 2. The molecule has 8 heteroatoms. The molecular weight excluding hydrogens is 437 g/mol. The van der Waals surface area contributed by atoms with Crippen LogP contribution in [0.3, 0.4) is 0 Å². The Labute approximate surface area is 185 Å². The van der Waals surface area contributed by atoms with E-state index < -0.39 is 0 Å². The van der Waals surface area contributed by atoms with Crippen LogP contribution in [0.4, 0.5) is 15.9 Å². The first-order valence-electron chi connectivity index (χ1n) is 9.40. The Balaban J connectivity index is 1.40. The van der Waals surface area contributed by atoms with Gasteiger partial charge in [-0.1, -0.05) is 23.7 Å². The number of ether oxygens (including phenoxy) is 1. The molecule has 5 nitrogen and oxygen atoms in total. The monoisotopic (exact) mass is 451 g/mol. The second kappa shape index (κ2) is 8.02. The lowest BCUT2D eigenvalue weighted by molar-refractivity contribution is 0.306. The SMILES string of the molecule is O=c1ccc2c(c1)sc1c(Nc3ccc(OCc4cccc(F)c4)c(Cl)c3)nc[nH]c12. The molecule has 5 aromatic rings. The third kappa shape index (κ3) is 3.97. The van der Waals surface area contributed by atoms with Gasteiger partial charge in [-0.2, -0.15) is 0 Å². The first-order chi connectivity index (χ1) is 15.1. The molecule has 0 amide bonds. The quantitative estimate of drug-likeness (QED) is 0.331. The van der Waals surface area contributed by atoms with Crippen molar-refractivity contribution in [1.29, 1.82) is 0 Å². The molecule has 0 spiro atoms. The Bertz CT molecular complexity index is 1480. The van der Waals surface area contributed by atoms with Crippen LogP contribution in [0.25, 0.3) is 20.3 Å². The maximum absolute atomic E-state index is 13.3. The Kier molecular flexibility index (Phi) is 5.05. The number of aromatic amines is 1. The van der Waals surface area contributed by atoms with Gasteiger partial charge in [0.2, 0.25) is 0 Å². The highest BCUT2D eigenvalue weighted by Gasteiger charge is 2.12. The average Bonchev–Trinajstić information content (AvgIpc) is 3.12. The number of nitrogens with zero attached hydrogens (tertiary/aromatic N) is 1. The summed E-state index contributed by atoms with van der Waals surface area (Å²) in [4.78, 5) is 19.3. The summed E-state index contributed by atoms with van der Waals surface area (Å²) in [6.45, 7) is 0.213. The van der Waals surface area contributed by atoms with E-state index in [9.17, 15) is 9.18 Å². The molecule has 0 aliphatic carbocycles. The van der Waals surface area contributed by atoms with Gasteiger partial charge in [-0.3, -0.25) is 4.79 Å². The minimum atomic E-state index is -0.307. The van der Waals surface area contributed by atoms with Gasteiger partial charge in [0.25, 0.3) is 0 Å². The number of fused-ring (bicyclic) bond motifs is 3. The van der Waals surface area contributed by atoms with E-state index in [4.69, 9.17) is 16.3 Å². The molecule has 0 radical (unpaired) electrons. The number of rotatable bonds is 5. The largest absolute Gasteiger partial charge is 0.487 e. The van der Waals surface area contributed by atoms with Crippen LogP contribution in [-0.2, 0) is 6.61 Å². The summed E-state index contributed by atoms with van der Waals surface area (Å²) < 4.78 is 20.9. The molecule has 0 bridgehead atoms. The molecule has 0 atom stereocenters. The summed E-state index contributed by atoms with van der Waals surface area (Å²) in [5.41, 5.74) is 2.35. The fourth-order valence-electron chi connectivity index (χ4n) is 3.32. The Morgan fingerprint density at radius 2 is 2.03 bits per heavy atom. The minimum absolute atomic E-state index is 0.0258. The molecule has 0 unspecified atom stereocenters. The van der Waals surface area contributed by atoms with Crippen LogP contribution in [0.1, 0.15) is 5.56 Å². The van der Waals surface area contributed by atoms with Crippen molar-refractivity contribution in [1.82, 2.24) is 9.97 Å². The predicted octanol–water partition coefficient (Wildman–Crippen LogP) is 6.25. The van der Waals surface area contributed by atoms with E-state index >= 15 is 0 Å². The van der Waals surface area contributed by atoms with Crippen LogP contribution in [0.2, 0.25) is 5.02 Å². The smallest absolute Gasteiger partial charge is 0.180 e. The third-order valence-electron chi connectivity index (χ3n) is 4.76. The molecule has 3 aromatic carbocycles. The lowest BCUT2D eigenvalue weighted by atomic mass is 10.2. The number of halogens is 2. The molecule has 2 heterocycles. The lowest BCUT2D eigenvalue weighted by Crippen LogP contribution is -1.98. The van der Waals surface area contributed by atoms with Crippen LogP contribution in [0.15, 0.2) is 71.8 Å². The fourth-order valence-corrected chi connectivity index (χ4v) is 4.70. The second-order valence-electron chi connectivity index (χ2n) is 6.90. The zero-order valence-electron chi connectivity index (χ0n) is 16.0. The van der Waals surface area contributed by atoms with Crippen molar-refractivity contribution in [2.75, 3.05) is 5.32 Å². The van der Waals surface area contributed by atoms with Gasteiger partial charge in [-0.05, 0) is 48.0 Å². The molecule has 0 saturated carbocycles. The molecule has 0 aliphatic heterocycles. The molecule has 31 heavy (non-hydrogen) atoms. The van der Waals surface area contributed by atoms with Gasteiger partial charge < -0.3 is 15.0 Å². The van der Waals surface area contributed by atoms with Crippen molar-refractivity contribution in [3.63, 3.8) is 0 Å². The van der Waals surface area contributed by atoms with E-state index in [1.165, 1.54) is 23.5 Å². The highest BCUT2D eigenvalue weighted by atomic mass is 35.5. The Morgan fingerprint density at radius 1 is 1.13 bits per heavy atom. The van der Waals surface area contributed by atoms with Gasteiger partial charge in [0, 0.05) is 21.8 Å². The topological polar surface area (TPSA) is 67.0 Å². The number of H-pyrrole nitrogens is 1. The molecule has 2 aromatic heterocycles. The minimum Gasteiger partial charge on any atom is -0.487 e. The van der Waals surface area contributed by atoms with Crippen LogP contribution in [0, 0.1) is 5.82 Å². The van der Waals surface area contributed by atoms with E-state index in [1.54, 1.807) is 42.7 Å². The number of hydrogen-bond acceptors (Lipinski definition) is 5. The van der Waals surface area contributed by atoms with Crippen LogP contribution >= 0.6 is 22.9 Å². The van der Waals surface area contributed by atoms with E-state index in [-0.39, 0.29) is 17.9 Å². The normalized spacial score (nSPS) is 11.2. The van der Waals surface area contributed by atoms with E-state index in [0.29, 0.717) is 16.6 Å². The highest BCUT2D eigenvalue weighted by Crippen LogP contribution is 2.37. The van der Waals surface area contributed by atoms with Crippen LogP contribution < -0.4 is 15.5 Å². The van der Waals surface area contributed by atoms with Crippen molar-refractivity contribution in [2.24, 2.45) is 0 Å². The van der Waals surface area contributed by atoms with Gasteiger partial charge in [-0.15, -0.1) is 11.3 Å². The lowest BCUT2D eigenvalue weighted by Gasteiger charge is -2.11. The Hall–Kier alpha value is -3.42. The summed E-state index contributed by atoms with van der Waals surface area (Å²) in [5.74, 6) is 0.853. The molecule has 0 aliphatic rings. The summed E-state index contributed by atoms with van der Waals surface area (Å²) >= 11 is 7.89. The predicted molar refractivity (Wildman–Crippen MR) is 123 cm³/mol. The molecule has 5 rings (SSSR count). The number of benzene rings is 3.